The Kier molecular flexibility index (Phi) is 7.04. The Morgan fingerprint density at radius 1 is 1.08 bits per heavy atom. The summed E-state index contributed by atoms with van der Waals surface area (Å²) in [5.74, 6) is -0.732. The molecule has 5 aromatic rings. The molecule has 5 rings (SSSR count). The summed E-state index contributed by atoms with van der Waals surface area (Å²) in [6, 6.07) is 18.7. The Morgan fingerprint density at radius 3 is 2.72 bits per heavy atom. The second-order valence-electron chi connectivity index (χ2n) is 7.90. The highest BCUT2D eigenvalue weighted by molar-refractivity contribution is 7.16. The standard InChI is InChI=1S/C27H23N3O4S2/c1-3-34-26(32)17-10-11-22-24(15-17)36-27(30(22)12-13-33-2)29-25(31)19-16-21(23-9-6-14-35-23)28-20-8-5-4-7-18(19)20/h4-11,14-16H,3,12-13H2,1-2H3. The Hall–Kier alpha value is -3.66. The molecule has 182 valence electrons. The number of para-hydroxylation sites is 1. The van der Waals surface area contributed by atoms with E-state index >= 15 is 0 Å². The molecule has 3 heterocycles. The number of carbonyl (C=O) groups excluding carboxylic acids is 2. The first-order valence-electron chi connectivity index (χ1n) is 11.4. The molecule has 0 aliphatic rings. The van der Waals surface area contributed by atoms with Gasteiger partial charge in [-0.15, -0.1) is 11.3 Å². The van der Waals surface area contributed by atoms with Crippen molar-refractivity contribution in [2.24, 2.45) is 4.99 Å². The molecule has 3 aromatic heterocycles. The molecule has 0 fully saturated rings. The molecule has 36 heavy (non-hydrogen) atoms. The van der Waals surface area contributed by atoms with Gasteiger partial charge >= 0.3 is 5.97 Å². The van der Waals surface area contributed by atoms with Crippen LogP contribution in [0.2, 0.25) is 0 Å². The molecule has 9 heteroatoms. The van der Waals surface area contributed by atoms with Crippen molar-refractivity contribution in [1.82, 2.24) is 9.55 Å². The lowest BCUT2D eigenvalue weighted by Gasteiger charge is -2.07. The normalized spacial score (nSPS) is 11.9. The van der Waals surface area contributed by atoms with Crippen molar-refractivity contribution in [1.29, 1.82) is 0 Å². The van der Waals surface area contributed by atoms with E-state index in [1.54, 1.807) is 37.5 Å². The number of pyridine rings is 1. The van der Waals surface area contributed by atoms with E-state index in [-0.39, 0.29) is 11.9 Å². The zero-order valence-electron chi connectivity index (χ0n) is 19.8. The molecule has 0 radical (unpaired) electrons. The lowest BCUT2D eigenvalue weighted by atomic mass is 10.1. The number of fused-ring (bicyclic) bond motifs is 2. The van der Waals surface area contributed by atoms with Crippen LogP contribution in [0.5, 0.6) is 0 Å². The van der Waals surface area contributed by atoms with Gasteiger partial charge in [0.1, 0.15) is 0 Å². The number of benzene rings is 2. The van der Waals surface area contributed by atoms with Gasteiger partial charge in [0.05, 0.1) is 50.6 Å². The van der Waals surface area contributed by atoms with E-state index < -0.39 is 0 Å². The number of hydrogen-bond acceptors (Lipinski definition) is 7. The van der Waals surface area contributed by atoms with E-state index in [1.165, 1.54) is 11.3 Å². The lowest BCUT2D eigenvalue weighted by molar-refractivity contribution is 0.0526. The molecule has 1 amide bonds. The van der Waals surface area contributed by atoms with Crippen molar-refractivity contribution in [3.05, 3.63) is 82.0 Å². The van der Waals surface area contributed by atoms with Crippen molar-refractivity contribution in [2.45, 2.75) is 13.5 Å². The predicted molar refractivity (Wildman–Crippen MR) is 143 cm³/mol. The average Bonchev–Trinajstić information content (AvgIpc) is 3.55. The number of nitrogens with zero attached hydrogens (tertiary/aromatic N) is 3. The maximum atomic E-state index is 13.6. The summed E-state index contributed by atoms with van der Waals surface area (Å²) >= 11 is 2.93. The number of aromatic nitrogens is 2. The third kappa shape index (κ3) is 4.73. The van der Waals surface area contributed by atoms with Crippen LogP contribution in [-0.4, -0.2) is 41.8 Å². The van der Waals surface area contributed by atoms with Crippen LogP contribution in [0.1, 0.15) is 27.6 Å². The number of carbonyl (C=O) groups is 2. The molecule has 0 spiro atoms. The highest BCUT2D eigenvalue weighted by Crippen LogP contribution is 2.28. The van der Waals surface area contributed by atoms with Crippen molar-refractivity contribution in [3.8, 4) is 10.6 Å². The number of esters is 1. The maximum absolute atomic E-state index is 13.6. The van der Waals surface area contributed by atoms with Crippen LogP contribution < -0.4 is 4.80 Å². The van der Waals surface area contributed by atoms with Crippen LogP contribution in [-0.2, 0) is 16.0 Å². The van der Waals surface area contributed by atoms with Crippen molar-refractivity contribution < 1.29 is 19.1 Å². The summed E-state index contributed by atoms with van der Waals surface area (Å²) < 4.78 is 13.2. The minimum Gasteiger partial charge on any atom is -0.462 e. The number of thiazole rings is 1. The number of rotatable bonds is 7. The molecule has 0 saturated carbocycles. The molecule has 0 saturated heterocycles. The summed E-state index contributed by atoms with van der Waals surface area (Å²) in [6.45, 7) is 3.04. The summed E-state index contributed by atoms with van der Waals surface area (Å²) in [5.41, 5.74) is 3.31. The van der Waals surface area contributed by atoms with E-state index in [1.807, 2.05) is 58.5 Å². The van der Waals surface area contributed by atoms with Gasteiger partial charge in [-0.1, -0.05) is 35.6 Å². The molecule has 0 aliphatic heterocycles. The van der Waals surface area contributed by atoms with Crippen LogP contribution in [0, 0.1) is 0 Å². The van der Waals surface area contributed by atoms with E-state index in [0.717, 1.165) is 31.7 Å². The first-order valence-corrected chi connectivity index (χ1v) is 13.1. The molecule has 0 bridgehead atoms. The summed E-state index contributed by atoms with van der Waals surface area (Å²) in [5, 5.41) is 2.74. The van der Waals surface area contributed by atoms with Gasteiger partial charge in [0.2, 0.25) is 0 Å². The monoisotopic (exact) mass is 517 g/mol. The molecular formula is C27H23N3O4S2. The van der Waals surface area contributed by atoms with E-state index in [0.29, 0.717) is 35.7 Å². The summed E-state index contributed by atoms with van der Waals surface area (Å²) in [6.07, 6.45) is 0. The van der Waals surface area contributed by atoms with E-state index in [9.17, 15) is 9.59 Å². The molecule has 0 atom stereocenters. The number of ether oxygens (including phenoxy) is 2. The van der Waals surface area contributed by atoms with E-state index in [4.69, 9.17) is 14.5 Å². The SMILES string of the molecule is CCOC(=O)c1ccc2c(c1)sc(=NC(=O)c1cc(-c3cccs3)nc3ccccc13)n2CCOC. The summed E-state index contributed by atoms with van der Waals surface area (Å²) in [4.78, 5) is 36.7. The van der Waals surface area contributed by atoms with Crippen LogP contribution in [0.15, 0.2) is 71.0 Å². The van der Waals surface area contributed by atoms with Gasteiger partial charge in [-0.2, -0.15) is 4.99 Å². The second-order valence-corrected chi connectivity index (χ2v) is 9.86. The predicted octanol–water partition coefficient (Wildman–Crippen LogP) is 5.54. The fourth-order valence-electron chi connectivity index (χ4n) is 3.95. The number of hydrogen-bond donors (Lipinski definition) is 0. The Labute approximate surface area is 215 Å². The second kappa shape index (κ2) is 10.5. The topological polar surface area (TPSA) is 82.8 Å². The average molecular weight is 518 g/mol. The van der Waals surface area contributed by atoms with Gasteiger partial charge in [-0.05, 0) is 48.7 Å². The quantitative estimate of drug-likeness (QED) is 0.265. The van der Waals surface area contributed by atoms with Gasteiger partial charge in [-0.3, -0.25) is 4.79 Å². The third-order valence-corrected chi connectivity index (χ3v) is 7.56. The molecule has 0 N–H and O–H groups in total. The fourth-order valence-corrected chi connectivity index (χ4v) is 5.73. The molecule has 7 nitrogen and oxygen atoms in total. The van der Waals surface area contributed by atoms with Gasteiger partial charge in [0.15, 0.2) is 4.80 Å². The van der Waals surface area contributed by atoms with Gasteiger partial charge < -0.3 is 14.0 Å². The largest absolute Gasteiger partial charge is 0.462 e. The van der Waals surface area contributed by atoms with Crippen LogP contribution in [0.4, 0.5) is 0 Å². The minimum atomic E-state index is -0.379. The van der Waals surface area contributed by atoms with Crippen LogP contribution in [0.3, 0.4) is 0 Å². The van der Waals surface area contributed by atoms with Crippen molar-refractivity contribution in [2.75, 3.05) is 20.3 Å². The first-order chi connectivity index (χ1) is 17.6. The minimum absolute atomic E-state index is 0.303. The molecule has 0 aliphatic carbocycles. The van der Waals surface area contributed by atoms with Crippen molar-refractivity contribution >= 4 is 55.7 Å². The van der Waals surface area contributed by atoms with Crippen molar-refractivity contribution in [3.63, 3.8) is 0 Å². The highest BCUT2D eigenvalue weighted by atomic mass is 32.1. The summed E-state index contributed by atoms with van der Waals surface area (Å²) in [7, 11) is 1.63. The Balaban J connectivity index is 1.65. The molecule has 0 unspecified atom stereocenters. The van der Waals surface area contributed by atoms with Gasteiger partial charge in [-0.25, -0.2) is 9.78 Å². The van der Waals surface area contributed by atoms with Crippen LogP contribution in [0.25, 0.3) is 31.7 Å². The first kappa shape index (κ1) is 24.1. The third-order valence-electron chi connectivity index (χ3n) is 5.63. The maximum Gasteiger partial charge on any atom is 0.338 e. The highest BCUT2D eigenvalue weighted by Gasteiger charge is 2.16. The number of amides is 1. The molecule has 2 aromatic carbocycles. The lowest BCUT2D eigenvalue weighted by Crippen LogP contribution is -2.19. The number of methoxy groups -OCH3 is 1. The van der Waals surface area contributed by atoms with Gasteiger partial charge in [0, 0.05) is 19.0 Å². The zero-order valence-corrected chi connectivity index (χ0v) is 21.4. The fraction of sp³-hybridized carbons (Fsp3) is 0.185. The Bertz CT molecular complexity index is 1630. The van der Waals surface area contributed by atoms with E-state index in [2.05, 4.69) is 4.99 Å². The Morgan fingerprint density at radius 2 is 1.94 bits per heavy atom. The smallest absolute Gasteiger partial charge is 0.338 e. The number of thiophene rings is 1. The van der Waals surface area contributed by atoms with Crippen LogP contribution >= 0.6 is 22.7 Å². The van der Waals surface area contributed by atoms with Gasteiger partial charge in [0.25, 0.3) is 5.91 Å². The molecular weight excluding hydrogens is 494 g/mol. The zero-order chi connectivity index (χ0) is 25.1.